The number of nitrogens with one attached hydrogen (secondary N) is 1. The first-order chi connectivity index (χ1) is 11.5. The summed E-state index contributed by atoms with van der Waals surface area (Å²) in [5, 5.41) is 0.668. The summed E-state index contributed by atoms with van der Waals surface area (Å²) < 4.78 is 1.05. The van der Waals surface area contributed by atoms with Crippen molar-refractivity contribution in [3.63, 3.8) is 0 Å². The van der Waals surface area contributed by atoms with E-state index < -0.39 is 0 Å². The number of H-pyrrole nitrogens is 1. The summed E-state index contributed by atoms with van der Waals surface area (Å²) in [5.74, 6) is 0.948. The smallest absolute Gasteiger partial charge is 0.235 e. The zero-order valence-corrected chi connectivity index (χ0v) is 16.4. The third-order valence-corrected chi connectivity index (χ3v) is 5.95. The van der Waals surface area contributed by atoms with Gasteiger partial charge in [-0.1, -0.05) is 46.7 Å². The second-order valence-electron chi connectivity index (χ2n) is 6.38. The first-order valence-electron chi connectivity index (χ1n) is 8.29. The van der Waals surface area contributed by atoms with Crippen LogP contribution in [0.2, 0.25) is 0 Å². The predicted molar refractivity (Wildman–Crippen MR) is 102 cm³/mol. The molecule has 1 saturated heterocycles. The molecule has 1 aliphatic heterocycles. The van der Waals surface area contributed by atoms with Crippen molar-refractivity contribution >= 4 is 33.6 Å². The molecule has 4 nitrogen and oxygen atoms in total. The van der Waals surface area contributed by atoms with Crippen LogP contribution in [0.15, 0.2) is 40.1 Å². The van der Waals surface area contributed by atoms with Gasteiger partial charge in [0.05, 0.1) is 17.1 Å². The van der Waals surface area contributed by atoms with Crippen molar-refractivity contribution in [3.05, 3.63) is 34.9 Å². The number of likely N-dealkylation sites (tertiary alicyclic amines) is 1. The largest absolute Gasteiger partial charge is 0.342 e. The molecule has 1 unspecified atom stereocenters. The zero-order chi connectivity index (χ0) is 17.1. The van der Waals surface area contributed by atoms with Gasteiger partial charge < -0.3 is 9.88 Å². The van der Waals surface area contributed by atoms with Gasteiger partial charge in [-0.05, 0) is 43.4 Å². The molecule has 0 aliphatic carbocycles. The van der Waals surface area contributed by atoms with E-state index in [-0.39, 0.29) is 11.2 Å². The number of carbonyl (C=O) groups excluding carboxylic acids is 1. The molecule has 1 N–H and O–H groups in total. The van der Waals surface area contributed by atoms with Crippen molar-refractivity contribution in [1.29, 1.82) is 0 Å². The van der Waals surface area contributed by atoms with E-state index in [0.29, 0.717) is 0 Å². The van der Waals surface area contributed by atoms with Crippen LogP contribution in [0.25, 0.3) is 11.3 Å². The number of carbonyl (C=O) groups is 1. The number of halogens is 1. The number of imidazole rings is 1. The summed E-state index contributed by atoms with van der Waals surface area (Å²) in [5.41, 5.74) is 2.05. The van der Waals surface area contributed by atoms with Crippen molar-refractivity contribution < 1.29 is 4.79 Å². The van der Waals surface area contributed by atoms with Crippen molar-refractivity contribution in [2.75, 3.05) is 13.1 Å². The number of benzene rings is 1. The van der Waals surface area contributed by atoms with E-state index in [1.54, 1.807) is 0 Å². The van der Waals surface area contributed by atoms with Crippen LogP contribution in [-0.4, -0.2) is 39.1 Å². The predicted octanol–water partition coefficient (Wildman–Crippen LogP) is 4.58. The lowest BCUT2D eigenvalue weighted by molar-refractivity contribution is -0.131. The SMILES string of the molecule is CC1CCN(C(=O)C(C)Sc2ncc(-c3ccc(Br)cc3)[nH]2)CC1. The Bertz CT molecular complexity index is 693. The van der Waals surface area contributed by atoms with E-state index in [0.717, 1.165) is 52.7 Å². The summed E-state index contributed by atoms with van der Waals surface area (Å²) in [4.78, 5) is 22.3. The lowest BCUT2D eigenvalue weighted by atomic mass is 9.99. The molecule has 6 heteroatoms. The molecule has 1 atom stereocenters. The first kappa shape index (κ1) is 17.5. The van der Waals surface area contributed by atoms with E-state index in [1.165, 1.54) is 11.8 Å². The van der Waals surface area contributed by atoms with E-state index in [9.17, 15) is 4.79 Å². The molecular weight excluding hydrogens is 386 g/mol. The Balaban J connectivity index is 1.61. The van der Waals surface area contributed by atoms with Gasteiger partial charge in [-0.15, -0.1) is 0 Å². The van der Waals surface area contributed by atoms with Crippen LogP contribution in [0.3, 0.4) is 0 Å². The van der Waals surface area contributed by atoms with E-state index in [1.807, 2.05) is 42.3 Å². The number of nitrogens with zero attached hydrogens (tertiary/aromatic N) is 2. The quantitative estimate of drug-likeness (QED) is 0.754. The maximum Gasteiger partial charge on any atom is 0.235 e. The molecule has 0 spiro atoms. The van der Waals surface area contributed by atoms with Crippen molar-refractivity contribution in [2.45, 2.75) is 37.1 Å². The van der Waals surface area contributed by atoms with E-state index >= 15 is 0 Å². The Morgan fingerprint density at radius 1 is 1.33 bits per heavy atom. The number of aromatic amines is 1. The monoisotopic (exact) mass is 407 g/mol. The van der Waals surface area contributed by atoms with Gasteiger partial charge in [0.2, 0.25) is 5.91 Å². The summed E-state index contributed by atoms with van der Waals surface area (Å²) in [7, 11) is 0. The Labute approximate surface area is 155 Å². The molecule has 3 rings (SSSR count). The highest BCUT2D eigenvalue weighted by Crippen LogP contribution is 2.27. The molecule has 24 heavy (non-hydrogen) atoms. The fraction of sp³-hybridized carbons (Fsp3) is 0.444. The average molecular weight is 408 g/mol. The lowest BCUT2D eigenvalue weighted by Gasteiger charge is -2.31. The third kappa shape index (κ3) is 4.22. The van der Waals surface area contributed by atoms with E-state index in [2.05, 4.69) is 32.8 Å². The summed E-state index contributed by atoms with van der Waals surface area (Å²) >= 11 is 4.94. The van der Waals surface area contributed by atoms with Gasteiger partial charge in [-0.3, -0.25) is 4.79 Å². The minimum atomic E-state index is -0.123. The topological polar surface area (TPSA) is 49.0 Å². The van der Waals surface area contributed by atoms with Crippen molar-refractivity contribution in [2.24, 2.45) is 5.92 Å². The number of amides is 1. The number of thioether (sulfide) groups is 1. The molecule has 1 aromatic heterocycles. The van der Waals surface area contributed by atoms with Gasteiger partial charge in [-0.2, -0.15) is 0 Å². The Hall–Kier alpha value is -1.27. The van der Waals surface area contributed by atoms with Gasteiger partial charge in [0.15, 0.2) is 5.16 Å². The third-order valence-electron chi connectivity index (χ3n) is 4.44. The molecule has 1 aliphatic rings. The van der Waals surface area contributed by atoms with Crippen LogP contribution in [0.1, 0.15) is 26.7 Å². The standard InChI is InChI=1S/C18H22BrN3OS/c1-12-7-9-22(10-8-12)17(23)13(2)24-18-20-11-16(21-18)14-3-5-15(19)6-4-14/h3-6,11-13H,7-10H2,1-2H3,(H,20,21). The number of rotatable bonds is 4. The van der Waals surface area contributed by atoms with Gasteiger partial charge in [0.1, 0.15) is 0 Å². The number of hydrogen-bond donors (Lipinski definition) is 1. The highest BCUT2D eigenvalue weighted by atomic mass is 79.9. The van der Waals surface area contributed by atoms with Crippen LogP contribution in [0.5, 0.6) is 0 Å². The fourth-order valence-corrected chi connectivity index (χ4v) is 3.97. The average Bonchev–Trinajstić information content (AvgIpc) is 3.04. The molecule has 1 aromatic carbocycles. The van der Waals surface area contributed by atoms with Gasteiger partial charge in [-0.25, -0.2) is 4.98 Å². The minimum absolute atomic E-state index is 0.123. The fourth-order valence-electron chi connectivity index (χ4n) is 2.84. The van der Waals surface area contributed by atoms with E-state index in [4.69, 9.17) is 0 Å². The number of aromatic nitrogens is 2. The molecule has 2 aromatic rings. The molecule has 1 fully saturated rings. The second kappa shape index (κ2) is 7.74. The van der Waals surface area contributed by atoms with Crippen LogP contribution >= 0.6 is 27.7 Å². The zero-order valence-electron chi connectivity index (χ0n) is 14.0. The molecule has 0 saturated carbocycles. The minimum Gasteiger partial charge on any atom is -0.342 e. The maximum atomic E-state index is 12.6. The summed E-state index contributed by atoms with van der Waals surface area (Å²) in [6, 6.07) is 8.09. The van der Waals surface area contributed by atoms with Crippen LogP contribution in [0, 0.1) is 5.92 Å². The van der Waals surface area contributed by atoms with Crippen molar-refractivity contribution in [1.82, 2.24) is 14.9 Å². The van der Waals surface area contributed by atoms with Crippen LogP contribution in [-0.2, 0) is 4.79 Å². The molecule has 0 radical (unpaired) electrons. The highest BCUT2D eigenvalue weighted by Gasteiger charge is 2.25. The molecule has 128 valence electrons. The number of hydrogen-bond acceptors (Lipinski definition) is 3. The summed E-state index contributed by atoms with van der Waals surface area (Å²) in [6.07, 6.45) is 4.04. The normalized spacial score (nSPS) is 17.0. The molecule has 0 bridgehead atoms. The molecular formula is C18H22BrN3OS. The van der Waals surface area contributed by atoms with Gasteiger partial charge >= 0.3 is 0 Å². The van der Waals surface area contributed by atoms with Crippen molar-refractivity contribution in [3.8, 4) is 11.3 Å². The second-order valence-corrected chi connectivity index (χ2v) is 8.62. The van der Waals surface area contributed by atoms with Crippen LogP contribution in [0.4, 0.5) is 0 Å². The molecule has 1 amide bonds. The highest BCUT2D eigenvalue weighted by molar-refractivity contribution is 9.10. The Morgan fingerprint density at radius 2 is 2.00 bits per heavy atom. The first-order valence-corrected chi connectivity index (χ1v) is 9.96. The van der Waals surface area contributed by atoms with Gasteiger partial charge in [0.25, 0.3) is 0 Å². The lowest BCUT2D eigenvalue weighted by Crippen LogP contribution is -2.41. The Kier molecular flexibility index (Phi) is 5.66. The maximum absolute atomic E-state index is 12.6. The van der Waals surface area contributed by atoms with Crippen LogP contribution < -0.4 is 0 Å². The van der Waals surface area contributed by atoms with Gasteiger partial charge in [0, 0.05) is 17.6 Å². The molecule has 2 heterocycles. The Morgan fingerprint density at radius 3 is 2.67 bits per heavy atom. The summed E-state index contributed by atoms with van der Waals surface area (Å²) in [6.45, 7) is 5.99. The number of piperidine rings is 1.